The molecule has 1 aliphatic heterocycles. The highest BCUT2D eigenvalue weighted by molar-refractivity contribution is 5.75. The predicted molar refractivity (Wildman–Crippen MR) is 88.2 cm³/mol. The van der Waals surface area contributed by atoms with Crippen molar-refractivity contribution in [2.75, 3.05) is 13.2 Å². The second-order valence-electron chi connectivity index (χ2n) is 6.40. The average molecular weight is 325 g/mol. The van der Waals surface area contributed by atoms with Crippen LogP contribution in [0.5, 0.6) is 5.75 Å². The van der Waals surface area contributed by atoms with Crippen molar-refractivity contribution in [1.29, 1.82) is 0 Å². The topological polar surface area (TPSA) is 73.2 Å². The van der Waals surface area contributed by atoms with E-state index in [1.807, 2.05) is 24.3 Å². The minimum atomic E-state index is -0.192. The standard InChI is InChI=1S/C18H19N3O3/c22-17(9-21-11-20-15(7-18(21)23)12-5-6-12)19-8-13-10-24-16-4-2-1-3-14(13)16/h1-4,7,11-13H,5-6,8-10H2,(H,19,22)/t13-/m1/s1. The smallest absolute Gasteiger partial charge is 0.254 e. The van der Waals surface area contributed by atoms with Crippen molar-refractivity contribution < 1.29 is 9.53 Å². The molecule has 6 heteroatoms. The van der Waals surface area contributed by atoms with Crippen LogP contribution in [0.3, 0.4) is 0 Å². The van der Waals surface area contributed by atoms with Crippen molar-refractivity contribution in [2.24, 2.45) is 0 Å². The van der Waals surface area contributed by atoms with Gasteiger partial charge in [-0.3, -0.25) is 14.2 Å². The van der Waals surface area contributed by atoms with Gasteiger partial charge in [-0.25, -0.2) is 4.98 Å². The number of carbonyl (C=O) groups excluding carboxylic acids is 1. The van der Waals surface area contributed by atoms with Crippen LogP contribution in [0, 0.1) is 0 Å². The molecule has 0 bridgehead atoms. The molecule has 1 amide bonds. The van der Waals surface area contributed by atoms with Crippen LogP contribution in [-0.2, 0) is 11.3 Å². The molecule has 0 spiro atoms. The second-order valence-corrected chi connectivity index (χ2v) is 6.40. The summed E-state index contributed by atoms with van der Waals surface area (Å²) < 4.78 is 6.95. The van der Waals surface area contributed by atoms with Crippen LogP contribution >= 0.6 is 0 Å². The van der Waals surface area contributed by atoms with E-state index in [9.17, 15) is 9.59 Å². The van der Waals surface area contributed by atoms with Gasteiger partial charge in [0, 0.05) is 30.0 Å². The summed E-state index contributed by atoms with van der Waals surface area (Å²) >= 11 is 0. The van der Waals surface area contributed by atoms with E-state index in [4.69, 9.17) is 4.74 Å². The summed E-state index contributed by atoms with van der Waals surface area (Å²) in [6, 6.07) is 9.40. The highest BCUT2D eigenvalue weighted by Crippen LogP contribution is 2.38. The number of fused-ring (bicyclic) bond motifs is 1. The Labute approximate surface area is 139 Å². The lowest BCUT2D eigenvalue weighted by molar-refractivity contribution is -0.121. The minimum absolute atomic E-state index is 0.00793. The molecule has 1 aromatic carbocycles. The second kappa shape index (κ2) is 6.11. The fourth-order valence-electron chi connectivity index (χ4n) is 3.01. The molecule has 1 N–H and O–H groups in total. The third kappa shape index (κ3) is 3.04. The lowest BCUT2D eigenvalue weighted by Gasteiger charge is -2.11. The molecule has 0 unspecified atom stereocenters. The summed E-state index contributed by atoms with van der Waals surface area (Å²) in [5.74, 6) is 1.27. The zero-order valence-corrected chi connectivity index (χ0v) is 13.3. The van der Waals surface area contributed by atoms with Crippen molar-refractivity contribution in [3.63, 3.8) is 0 Å². The number of nitrogens with zero attached hydrogens (tertiary/aromatic N) is 2. The van der Waals surface area contributed by atoms with E-state index in [1.165, 1.54) is 10.9 Å². The third-order valence-electron chi connectivity index (χ3n) is 4.55. The Bertz CT molecular complexity index is 826. The monoisotopic (exact) mass is 325 g/mol. The summed E-state index contributed by atoms with van der Waals surface area (Å²) in [5, 5.41) is 2.88. The van der Waals surface area contributed by atoms with E-state index in [0.29, 0.717) is 19.1 Å². The molecule has 4 rings (SSSR count). The minimum Gasteiger partial charge on any atom is -0.493 e. The quantitative estimate of drug-likeness (QED) is 0.902. The van der Waals surface area contributed by atoms with Gasteiger partial charge >= 0.3 is 0 Å². The van der Waals surface area contributed by atoms with Crippen LogP contribution in [0.1, 0.15) is 35.9 Å². The Hall–Kier alpha value is -2.63. The van der Waals surface area contributed by atoms with Crippen molar-refractivity contribution in [3.05, 3.63) is 58.3 Å². The molecule has 2 aromatic rings. The summed E-state index contributed by atoms with van der Waals surface area (Å²) in [7, 11) is 0. The molecule has 1 atom stereocenters. The first-order valence-corrected chi connectivity index (χ1v) is 8.25. The van der Waals surface area contributed by atoms with Crippen LogP contribution in [0.25, 0.3) is 0 Å². The lowest BCUT2D eigenvalue weighted by Crippen LogP contribution is -2.35. The first-order chi connectivity index (χ1) is 11.7. The van der Waals surface area contributed by atoms with E-state index in [2.05, 4.69) is 10.3 Å². The van der Waals surface area contributed by atoms with Crippen LogP contribution in [-0.4, -0.2) is 28.6 Å². The van der Waals surface area contributed by atoms with E-state index < -0.39 is 0 Å². The fourth-order valence-corrected chi connectivity index (χ4v) is 3.01. The van der Waals surface area contributed by atoms with Crippen molar-refractivity contribution >= 4 is 5.91 Å². The molecule has 1 aliphatic carbocycles. The van der Waals surface area contributed by atoms with Gasteiger partial charge in [-0.2, -0.15) is 0 Å². The van der Waals surface area contributed by atoms with E-state index in [-0.39, 0.29) is 23.9 Å². The van der Waals surface area contributed by atoms with E-state index >= 15 is 0 Å². The van der Waals surface area contributed by atoms with E-state index in [1.54, 1.807) is 6.07 Å². The number of hydrogen-bond acceptors (Lipinski definition) is 4. The van der Waals surface area contributed by atoms with Gasteiger partial charge in [-0.1, -0.05) is 18.2 Å². The number of para-hydroxylation sites is 1. The zero-order valence-electron chi connectivity index (χ0n) is 13.3. The molecular formula is C18H19N3O3. The van der Waals surface area contributed by atoms with Gasteiger partial charge in [0.25, 0.3) is 5.56 Å². The van der Waals surface area contributed by atoms with E-state index in [0.717, 1.165) is 29.8 Å². The molecule has 6 nitrogen and oxygen atoms in total. The Morgan fingerprint density at radius 1 is 1.33 bits per heavy atom. The Morgan fingerprint density at radius 3 is 2.96 bits per heavy atom. The first-order valence-electron chi connectivity index (χ1n) is 8.25. The summed E-state index contributed by atoms with van der Waals surface area (Å²) in [4.78, 5) is 28.5. The molecule has 24 heavy (non-hydrogen) atoms. The van der Waals surface area contributed by atoms with Crippen LogP contribution in [0.4, 0.5) is 0 Å². The van der Waals surface area contributed by atoms with Gasteiger partial charge in [0.05, 0.1) is 18.6 Å². The van der Waals surface area contributed by atoms with Crippen LogP contribution < -0.4 is 15.6 Å². The Balaban J connectivity index is 1.35. The molecule has 124 valence electrons. The van der Waals surface area contributed by atoms with Gasteiger partial charge in [0.2, 0.25) is 5.91 Å². The number of carbonyl (C=O) groups is 1. The van der Waals surface area contributed by atoms with Gasteiger partial charge in [0.1, 0.15) is 12.3 Å². The molecule has 2 heterocycles. The Morgan fingerprint density at radius 2 is 2.17 bits per heavy atom. The normalized spacial score (nSPS) is 18.8. The molecule has 1 fully saturated rings. The summed E-state index contributed by atoms with van der Waals surface area (Å²) in [6.45, 7) is 1.06. The van der Waals surface area contributed by atoms with Crippen LogP contribution in [0.2, 0.25) is 0 Å². The van der Waals surface area contributed by atoms with Gasteiger partial charge in [-0.15, -0.1) is 0 Å². The van der Waals surface area contributed by atoms with Crippen LogP contribution in [0.15, 0.2) is 41.5 Å². The molecule has 1 aromatic heterocycles. The highest BCUT2D eigenvalue weighted by atomic mass is 16.5. The maximum atomic E-state index is 12.1. The first kappa shape index (κ1) is 14.9. The maximum Gasteiger partial charge on any atom is 0.254 e. The summed E-state index contributed by atoms with van der Waals surface area (Å²) in [5.41, 5.74) is 1.79. The number of rotatable bonds is 5. The average Bonchev–Trinajstić information content (AvgIpc) is 3.35. The number of ether oxygens (including phenoxy) is 1. The number of aromatic nitrogens is 2. The molecular weight excluding hydrogens is 306 g/mol. The molecule has 0 radical (unpaired) electrons. The van der Waals surface area contributed by atoms with Crippen molar-refractivity contribution in [1.82, 2.24) is 14.9 Å². The lowest BCUT2D eigenvalue weighted by atomic mass is 10.0. The third-order valence-corrected chi connectivity index (χ3v) is 4.55. The number of hydrogen-bond donors (Lipinski definition) is 1. The zero-order chi connectivity index (χ0) is 16.5. The van der Waals surface area contributed by atoms with Crippen molar-refractivity contribution in [2.45, 2.75) is 31.2 Å². The van der Waals surface area contributed by atoms with Gasteiger partial charge in [-0.05, 0) is 18.9 Å². The number of amides is 1. The van der Waals surface area contributed by atoms with Gasteiger partial charge < -0.3 is 10.1 Å². The Kier molecular flexibility index (Phi) is 3.80. The predicted octanol–water partition coefficient (Wildman–Crippen LogP) is 1.41. The molecule has 0 saturated heterocycles. The SMILES string of the molecule is O=C(Cn1cnc(C2CC2)cc1=O)NC[C@@H]1COc2ccccc21. The number of nitrogens with one attached hydrogen (secondary N) is 1. The van der Waals surface area contributed by atoms with Gasteiger partial charge in [0.15, 0.2) is 0 Å². The van der Waals surface area contributed by atoms with Crippen molar-refractivity contribution in [3.8, 4) is 5.75 Å². The summed E-state index contributed by atoms with van der Waals surface area (Å²) in [6.07, 6.45) is 3.67. The largest absolute Gasteiger partial charge is 0.493 e. The fraction of sp³-hybridized carbons (Fsp3) is 0.389. The molecule has 2 aliphatic rings. The highest BCUT2D eigenvalue weighted by Gasteiger charge is 2.26. The maximum absolute atomic E-state index is 12.1. The molecule has 1 saturated carbocycles. The number of benzene rings is 1.